The summed E-state index contributed by atoms with van der Waals surface area (Å²) in [5.41, 5.74) is 8.46. The summed E-state index contributed by atoms with van der Waals surface area (Å²) in [7, 11) is 0. The van der Waals surface area contributed by atoms with Gasteiger partial charge >= 0.3 is 5.97 Å². The number of fused-ring (bicyclic) bond motifs is 2. The van der Waals surface area contributed by atoms with E-state index in [2.05, 4.69) is 25.0 Å². The highest BCUT2D eigenvalue weighted by atomic mass is 16.5. The van der Waals surface area contributed by atoms with Crippen molar-refractivity contribution in [3.63, 3.8) is 0 Å². The molecule has 0 aliphatic heterocycles. The molecule has 132 valence electrons. The smallest absolute Gasteiger partial charge is 0.343 e. The van der Waals surface area contributed by atoms with Crippen LogP contribution in [-0.4, -0.2) is 46.7 Å². The lowest BCUT2D eigenvalue weighted by molar-refractivity contribution is 0.0497. The number of aromatic nitrogens is 7. The predicted octanol–water partition coefficient (Wildman–Crippen LogP) is 1.01. The molecule has 0 aliphatic carbocycles. The van der Waals surface area contributed by atoms with Crippen molar-refractivity contribution in [3.05, 3.63) is 42.4 Å². The molecule has 0 radical (unpaired) electrons. The van der Waals surface area contributed by atoms with Gasteiger partial charge in [0, 0.05) is 18.9 Å². The molecule has 0 aromatic carbocycles. The summed E-state index contributed by atoms with van der Waals surface area (Å²) < 4.78 is 8.80. The molecule has 4 heterocycles. The molecule has 0 bridgehead atoms. The maximum absolute atomic E-state index is 12.4. The number of carbonyl (C=O) groups excluding carboxylic acids is 1. The number of rotatable bonds is 5. The Morgan fingerprint density at radius 2 is 2.12 bits per heavy atom. The summed E-state index contributed by atoms with van der Waals surface area (Å²) in [4.78, 5) is 28.9. The summed E-state index contributed by atoms with van der Waals surface area (Å²) in [5, 5.41) is 4.26. The van der Waals surface area contributed by atoms with Crippen molar-refractivity contribution < 1.29 is 9.53 Å². The van der Waals surface area contributed by atoms with Gasteiger partial charge < -0.3 is 15.0 Å². The molecule has 4 aromatic rings. The highest BCUT2D eigenvalue weighted by Crippen LogP contribution is 2.16. The van der Waals surface area contributed by atoms with E-state index < -0.39 is 5.97 Å². The quantitative estimate of drug-likeness (QED) is 0.416. The Hall–Kier alpha value is -3.56. The van der Waals surface area contributed by atoms with E-state index in [-0.39, 0.29) is 6.61 Å². The normalized spacial score (nSPS) is 11.3. The van der Waals surface area contributed by atoms with Crippen LogP contribution in [0.5, 0.6) is 0 Å². The van der Waals surface area contributed by atoms with Gasteiger partial charge in [0.1, 0.15) is 17.4 Å². The second-order valence-electron chi connectivity index (χ2n) is 5.71. The fourth-order valence-electron chi connectivity index (χ4n) is 2.77. The van der Waals surface area contributed by atoms with Crippen LogP contribution in [0.1, 0.15) is 22.5 Å². The molecule has 0 amide bonds. The van der Waals surface area contributed by atoms with Crippen molar-refractivity contribution in [2.45, 2.75) is 19.9 Å². The van der Waals surface area contributed by atoms with Gasteiger partial charge in [-0.3, -0.25) is 0 Å². The minimum Gasteiger partial charge on any atom is -0.462 e. The standard InChI is InChI=1S/C16H16N8O2/c1-10-11(14-18-4-2-6-24(14)22-10)16(25)26-7-3-5-23-9-21-12-13(17)19-8-20-15(12)23/h2,4,6,8-9H,3,5,7H2,1H3,(H2,17,19,20). The Morgan fingerprint density at radius 1 is 1.23 bits per heavy atom. The number of hydrogen-bond acceptors (Lipinski definition) is 8. The van der Waals surface area contributed by atoms with Gasteiger partial charge in [0.05, 0.1) is 18.6 Å². The second kappa shape index (κ2) is 6.39. The molecule has 0 aliphatic rings. The van der Waals surface area contributed by atoms with Gasteiger partial charge in [-0.2, -0.15) is 5.10 Å². The van der Waals surface area contributed by atoms with Crippen LogP contribution in [0, 0.1) is 6.92 Å². The fraction of sp³-hybridized carbons (Fsp3) is 0.250. The number of esters is 1. The first-order valence-corrected chi connectivity index (χ1v) is 8.03. The third-order valence-corrected chi connectivity index (χ3v) is 3.98. The average molecular weight is 352 g/mol. The van der Waals surface area contributed by atoms with E-state index in [0.29, 0.717) is 46.9 Å². The van der Waals surface area contributed by atoms with E-state index in [1.807, 2.05) is 4.57 Å². The number of carbonyl (C=O) groups is 1. The number of aryl methyl sites for hydroxylation is 2. The Kier molecular flexibility index (Phi) is 3.92. The van der Waals surface area contributed by atoms with Crippen LogP contribution in [0.25, 0.3) is 16.8 Å². The zero-order valence-corrected chi connectivity index (χ0v) is 14.0. The van der Waals surface area contributed by atoms with Crippen LogP contribution < -0.4 is 5.73 Å². The number of hydrogen-bond donors (Lipinski definition) is 1. The summed E-state index contributed by atoms with van der Waals surface area (Å²) in [6.07, 6.45) is 7.01. The molecule has 0 atom stereocenters. The number of anilines is 1. The Balaban J connectivity index is 1.40. The molecule has 10 heteroatoms. The van der Waals surface area contributed by atoms with Gasteiger partial charge in [-0.15, -0.1) is 0 Å². The number of nitrogens with two attached hydrogens (primary N) is 1. The third-order valence-electron chi connectivity index (χ3n) is 3.98. The maximum atomic E-state index is 12.4. The molecule has 0 saturated heterocycles. The summed E-state index contributed by atoms with van der Waals surface area (Å²) in [5.74, 6) is -0.0884. The monoisotopic (exact) mass is 352 g/mol. The first-order chi connectivity index (χ1) is 12.6. The molecule has 26 heavy (non-hydrogen) atoms. The van der Waals surface area contributed by atoms with Gasteiger partial charge in [0.2, 0.25) is 0 Å². The van der Waals surface area contributed by atoms with E-state index in [0.717, 1.165) is 0 Å². The number of nitrogen functional groups attached to an aromatic ring is 1. The van der Waals surface area contributed by atoms with Gasteiger partial charge in [-0.05, 0) is 19.4 Å². The van der Waals surface area contributed by atoms with E-state index >= 15 is 0 Å². The van der Waals surface area contributed by atoms with Crippen molar-refractivity contribution in [1.29, 1.82) is 0 Å². The largest absolute Gasteiger partial charge is 0.462 e. The van der Waals surface area contributed by atoms with Crippen LogP contribution in [-0.2, 0) is 11.3 Å². The van der Waals surface area contributed by atoms with Gasteiger partial charge in [0.15, 0.2) is 17.1 Å². The van der Waals surface area contributed by atoms with Crippen LogP contribution in [0.4, 0.5) is 5.82 Å². The van der Waals surface area contributed by atoms with E-state index in [4.69, 9.17) is 10.5 Å². The topological polar surface area (TPSA) is 126 Å². The SMILES string of the molecule is Cc1nn2cccnc2c1C(=O)OCCCn1cnc2c(N)ncnc21. The summed E-state index contributed by atoms with van der Waals surface area (Å²) >= 11 is 0. The van der Waals surface area contributed by atoms with Gasteiger partial charge in [-0.1, -0.05) is 0 Å². The molecule has 0 spiro atoms. The lowest BCUT2D eigenvalue weighted by Crippen LogP contribution is -2.10. The first kappa shape index (κ1) is 15.9. The molecule has 10 nitrogen and oxygen atoms in total. The number of imidazole rings is 1. The first-order valence-electron chi connectivity index (χ1n) is 8.03. The van der Waals surface area contributed by atoms with Gasteiger partial charge in [0.25, 0.3) is 0 Å². The van der Waals surface area contributed by atoms with Crippen LogP contribution >= 0.6 is 0 Å². The lowest BCUT2D eigenvalue weighted by Gasteiger charge is -2.06. The highest BCUT2D eigenvalue weighted by molar-refractivity contribution is 5.97. The minimum atomic E-state index is -0.432. The van der Waals surface area contributed by atoms with Crippen molar-refractivity contribution in [1.82, 2.24) is 34.1 Å². The molecule has 4 rings (SSSR count). The Morgan fingerprint density at radius 3 is 3.00 bits per heavy atom. The molecule has 0 saturated carbocycles. The third kappa shape index (κ3) is 2.70. The minimum absolute atomic E-state index is 0.253. The molecule has 0 fully saturated rings. The summed E-state index contributed by atoms with van der Waals surface area (Å²) in [6, 6.07) is 1.75. The Labute approximate surface area is 147 Å². The molecule has 4 aromatic heterocycles. The summed E-state index contributed by atoms with van der Waals surface area (Å²) in [6.45, 7) is 2.60. The predicted molar refractivity (Wildman–Crippen MR) is 92.4 cm³/mol. The molecule has 2 N–H and O–H groups in total. The zero-order valence-electron chi connectivity index (χ0n) is 14.0. The zero-order chi connectivity index (χ0) is 18.1. The van der Waals surface area contributed by atoms with E-state index in [9.17, 15) is 4.79 Å². The van der Waals surface area contributed by atoms with Crippen molar-refractivity contribution in [3.8, 4) is 0 Å². The maximum Gasteiger partial charge on any atom is 0.343 e. The van der Waals surface area contributed by atoms with Crippen LogP contribution in [0.2, 0.25) is 0 Å². The van der Waals surface area contributed by atoms with Crippen molar-refractivity contribution in [2.24, 2.45) is 0 Å². The van der Waals surface area contributed by atoms with Crippen LogP contribution in [0.3, 0.4) is 0 Å². The van der Waals surface area contributed by atoms with E-state index in [1.165, 1.54) is 6.33 Å². The molecular formula is C16H16N8O2. The van der Waals surface area contributed by atoms with Crippen molar-refractivity contribution in [2.75, 3.05) is 12.3 Å². The second-order valence-corrected chi connectivity index (χ2v) is 5.71. The fourth-order valence-corrected chi connectivity index (χ4v) is 2.77. The molecular weight excluding hydrogens is 336 g/mol. The number of nitrogens with zero attached hydrogens (tertiary/aromatic N) is 7. The van der Waals surface area contributed by atoms with Crippen molar-refractivity contribution >= 4 is 28.6 Å². The van der Waals surface area contributed by atoms with E-state index in [1.54, 1.807) is 36.2 Å². The Bertz CT molecular complexity index is 1100. The van der Waals surface area contributed by atoms with Crippen LogP contribution in [0.15, 0.2) is 31.1 Å². The average Bonchev–Trinajstić information content (AvgIpc) is 3.19. The number of ether oxygens (including phenoxy) is 1. The van der Waals surface area contributed by atoms with Gasteiger partial charge in [-0.25, -0.2) is 29.2 Å². The molecule has 0 unspecified atom stereocenters. The lowest BCUT2D eigenvalue weighted by atomic mass is 10.2. The highest BCUT2D eigenvalue weighted by Gasteiger charge is 2.19.